The molecule has 1 atom stereocenters. The smallest absolute Gasteiger partial charge is 0.427 e. The quantitative estimate of drug-likeness (QED) is 0.439. The molecule has 0 aromatic carbocycles. The summed E-state index contributed by atoms with van der Waals surface area (Å²) in [5, 5.41) is 3.76. The van der Waals surface area contributed by atoms with Crippen molar-refractivity contribution >= 4 is 17.8 Å². The lowest BCUT2D eigenvalue weighted by molar-refractivity contribution is -0.145. The molecule has 0 bridgehead atoms. The minimum absolute atomic E-state index is 0.326. The van der Waals surface area contributed by atoms with Crippen LogP contribution in [-0.4, -0.2) is 31.5 Å². The van der Waals surface area contributed by atoms with Crippen LogP contribution < -0.4 is 5.43 Å². The van der Waals surface area contributed by atoms with Crippen molar-refractivity contribution < 1.29 is 19.1 Å². The Morgan fingerprint density at radius 3 is 2.44 bits per heavy atom. The van der Waals surface area contributed by atoms with Gasteiger partial charge in [0.15, 0.2) is 0 Å². The van der Waals surface area contributed by atoms with E-state index >= 15 is 0 Å². The van der Waals surface area contributed by atoms with E-state index in [0.29, 0.717) is 18.7 Å². The molecule has 0 radical (unpaired) electrons. The second-order valence-corrected chi connectivity index (χ2v) is 3.07. The number of carbonyl (C=O) groups is 2. The normalized spacial score (nSPS) is 12.9. The van der Waals surface area contributed by atoms with Crippen molar-refractivity contribution in [3.8, 4) is 0 Å². The summed E-state index contributed by atoms with van der Waals surface area (Å²) >= 11 is 0. The maximum atomic E-state index is 11.5. The van der Waals surface area contributed by atoms with Crippen LogP contribution in [0.1, 0.15) is 27.2 Å². The fraction of sp³-hybridized carbons (Fsp3) is 0.700. The molecule has 1 amide bonds. The average Bonchev–Trinajstić information content (AvgIpc) is 2.27. The average molecular weight is 230 g/mol. The maximum Gasteiger partial charge on any atom is 0.427 e. The molecule has 0 saturated carbocycles. The molecule has 1 N–H and O–H groups in total. The van der Waals surface area contributed by atoms with E-state index in [0.717, 1.165) is 0 Å². The highest BCUT2D eigenvalue weighted by Gasteiger charge is 2.21. The molecule has 0 heterocycles. The molecule has 0 unspecified atom stereocenters. The predicted octanol–water partition coefficient (Wildman–Crippen LogP) is 1.31. The number of hydrogen-bond acceptors (Lipinski definition) is 5. The number of nitrogens with zero attached hydrogens (tertiary/aromatic N) is 1. The first-order valence-corrected chi connectivity index (χ1v) is 5.11. The summed E-state index contributed by atoms with van der Waals surface area (Å²) in [5.41, 5.74) is 2.65. The van der Waals surface area contributed by atoms with Gasteiger partial charge in [-0.1, -0.05) is 6.92 Å². The Bertz CT molecular complexity index is 276. The van der Waals surface area contributed by atoms with Crippen molar-refractivity contribution in [1.29, 1.82) is 0 Å². The fourth-order valence-corrected chi connectivity index (χ4v) is 1.13. The van der Waals surface area contributed by atoms with E-state index in [4.69, 9.17) is 4.74 Å². The largest absolute Gasteiger partial charge is 0.465 e. The molecule has 0 saturated heterocycles. The van der Waals surface area contributed by atoms with E-state index in [1.165, 1.54) is 7.11 Å². The van der Waals surface area contributed by atoms with Gasteiger partial charge in [0.05, 0.1) is 19.6 Å². The molecule has 0 aliphatic rings. The van der Waals surface area contributed by atoms with Crippen LogP contribution >= 0.6 is 0 Å². The molecule has 92 valence electrons. The molecule has 0 aliphatic heterocycles. The lowest BCUT2D eigenvalue weighted by atomic mass is 10.0. The molecular weight excluding hydrogens is 212 g/mol. The third kappa shape index (κ3) is 4.77. The number of methoxy groups -OCH3 is 1. The summed E-state index contributed by atoms with van der Waals surface area (Å²) in [4.78, 5) is 22.2. The van der Waals surface area contributed by atoms with Gasteiger partial charge in [-0.25, -0.2) is 10.2 Å². The van der Waals surface area contributed by atoms with Crippen LogP contribution in [-0.2, 0) is 14.3 Å². The molecule has 0 spiro atoms. The van der Waals surface area contributed by atoms with E-state index in [9.17, 15) is 9.59 Å². The standard InChI is InChI=1S/C10H18N2O4/c1-5-8(9(13)16-6-2)7(3)11-12-10(14)15-4/h8H,5-6H2,1-4H3,(H,12,14)/t8-/m0/s1. The Kier molecular flexibility index (Phi) is 6.91. The Labute approximate surface area is 95.0 Å². The van der Waals surface area contributed by atoms with Crippen molar-refractivity contribution in [2.75, 3.05) is 13.7 Å². The van der Waals surface area contributed by atoms with E-state index in [-0.39, 0.29) is 5.97 Å². The van der Waals surface area contributed by atoms with Gasteiger partial charge < -0.3 is 9.47 Å². The topological polar surface area (TPSA) is 77.0 Å². The molecule has 0 aromatic heterocycles. The summed E-state index contributed by atoms with van der Waals surface area (Å²) in [7, 11) is 1.24. The molecular formula is C10H18N2O4. The first-order chi connectivity index (χ1) is 7.56. The number of ether oxygens (including phenoxy) is 2. The van der Waals surface area contributed by atoms with Crippen LogP contribution in [0.25, 0.3) is 0 Å². The Morgan fingerprint density at radius 2 is 2.00 bits per heavy atom. The zero-order chi connectivity index (χ0) is 12.6. The molecule has 0 fully saturated rings. The van der Waals surface area contributed by atoms with Crippen molar-refractivity contribution in [1.82, 2.24) is 5.43 Å². The minimum Gasteiger partial charge on any atom is -0.465 e. The van der Waals surface area contributed by atoms with Crippen LogP contribution in [0, 0.1) is 5.92 Å². The number of amides is 1. The molecule has 0 rings (SSSR count). The van der Waals surface area contributed by atoms with Crippen LogP contribution in [0.15, 0.2) is 5.10 Å². The summed E-state index contributed by atoms with van der Waals surface area (Å²) in [6.07, 6.45) is -0.102. The molecule has 16 heavy (non-hydrogen) atoms. The first kappa shape index (κ1) is 14.4. The van der Waals surface area contributed by atoms with Gasteiger partial charge in [-0.15, -0.1) is 0 Å². The second-order valence-electron chi connectivity index (χ2n) is 3.07. The monoisotopic (exact) mass is 230 g/mol. The van der Waals surface area contributed by atoms with Crippen molar-refractivity contribution in [3.05, 3.63) is 0 Å². The number of rotatable bonds is 5. The van der Waals surface area contributed by atoms with Gasteiger partial charge in [0.25, 0.3) is 0 Å². The van der Waals surface area contributed by atoms with Crippen LogP contribution in [0.3, 0.4) is 0 Å². The van der Waals surface area contributed by atoms with Gasteiger partial charge in [-0.2, -0.15) is 5.10 Å². The summed E-state index contributed by atoms with van der Waals surface area (Å²) in [5.74, 6) is -0.768. The number of hydrogen-bond donors (Lipinski definition) is 1. The van der Waals surface area contributed by atoms with Gasteiger partial charge in [0.1, 0.15) is 0 Å². The zero-order valence-corrected chi connectivity index (χ0v) is 10.1. The first-order valence-electron chi connectivity index (χ1n) is 5.11. The maximum absolute atomic E-state index is 11.5. The number of esters is 1. The second kappa shape index (κ2) is 7.67. The fourth-order valence-electron chi connectivity index (χ4n) is 1.13. The Morgan fingerprint density at radius 1 is 1.38 bits per heavy atom. The van der Waals surface area contributed by atoms with E-state index < -0.39 is 12.0 Å². The zero-order valence-electron chi connectivity index (χ0n) is 10.1. The highest BCUT2D eigenvalue weighted by molar-refractivity contribution is 6.01. The molecule has 6 nitrogen and oxygen atoms in total. The third-order valence-electron chi connectivity index (χ3n) is 1.99. The van der Waals surface area contributed by atoms with Crippen molar-refractivity contribution in [3.63, 3.8) is 0 Å². The Hall–Kier alpha value is -1.59. The molecule has 0 aromatic rings. The van der Waals surface area contributed by atoms with Crippen LogP contribution in [0.5, 0.6) is 0 Å². The third-order valence-corrected chi connectivity index (χ3v) is 1.99. The summed E-state index contributed by atoms with van der Waals surface area (Å²) in [6, 6.07) is 0. The lowest BCUT2D eigenvalue weighted by Gasteiger charge is -2.12. The van der Waals surface area contributed by atoms with Gasteiger partial charge in [0.2, 0.25) is 0 Å². The van der Waals surface area contributed by atoms with Crippen LogP contribution in [0.4, 0.5) is 4.79 Å². The van der Waals surface area contributed by atoms with Gasteiger partial charge in [-0.05, 0) is 20.3 Å². The molecule has 0 aliphatic carbocycles. The number of hydrazone groups is 1. The number of carbonyl (C=O) groups excluding carboxylic acids is 2. The summed E-state index contributed by atoms with van der Waals surface area (Å²) in [6.45, 7) is 5.57. The van der Waals surface area contributed by atoms with E-state index in [2.05, 4.69) is 15.3 Å². The molecule has 6 heteroatoms. The predicted molar refractivity (Wildman–Crippen MR) is 59.1 cm³/mol. The van der Waals surface area contributed by atoms with E-state index in [1.807, 2.05) is 6.92 Å². The highest BCUT2D eigenvalue weighted by Crippen LogP contribution is 2.07. The van der Waals surface area contributed by atoms with Gasteiger partial charge in [-0.3, -0.25) is 4.79 Å². The van der Waals surface area contributed by atoms with Gasteiger partial charge in [0, 0.05) is 5.71 Å². The summed E-state index contributed by atoms with van der Waals surface area (Å²) < 4.78 is 9.23. The minimum atomic E-state index is -0.668. The van der Waals surface area contributed by atoms with Crippen LogP contribution in [0.2, 0.25) is 0 Å². The highest BCUT2D eigenvalue weighted by atomic mass is 16.5. The van der Waals surface area contributed by atoms with Gasteiger partial charge >= 0.3 is 12.1 Å². The SMILES string of the molecule is CCOC(=O)[C@@H](CC)C(C)=NNC(=O)OC. The Balaban J connectivity index is 4.45. The lowest BCUT2D eigenvalue weighted by Crippen LogP contribution is -2.27. The number of nitrogens with one attached hydrogen (secondary N) is 1. The van der Waals surface area contributed by atoms with E-state index in [1.54, 1.807) is 13.8 Å². The van der Waals surface area contributed by atoms with Crippen molar-refractivity contribution in [2.24, 2.45) is 11.0 Å². The van der Waals surface area contributed by atoms with Crippen molar-refractivity contribution in [2.45, 2.75) is 27.2 Å².